The van der Waals surface area contributed by atoms with Gasteiger partial charge in [-0.05, 0) is 43.3 Å². The Kier molecular flexibility index (Phi) is 4.43. The molecular formula is C12H12Cl2N2OS. The average molecular weight is 303 g/mol. The maximum Gasteiger partial charge on any atom is 0.229 e. The van der Waals surface area contributed by atoms with Gasteiger partial charge in [-0.1, -0.05) is 29.6 Å². The molecule has 0 radical (unpaired) electrons. The van der Waals surface area contributed by atoms with Crippen LogP contribution in [0.4, 0.5) is 5.69 Å². The van der Waals surface area contributed by atoms with E-state index < -0.39 is 0 Å². The smallest absolute Gasteiger partial charge is 0.229 e. The van der Waals surface area contributed by atoms with Gasteiger partial charge in [0.25, 0.3) is 0 Å². The van der Waals surface area contributed by atoms with Crippen molar-refractivity contribution in [3.63, 3.8) is 0 Å². The lowest BCUT2D eigenvalue weighted by atomic mass is 9.85. The largest absolute Gasteiger partial charge is 0.332 e. The first-order chi connectivity index (χ1) is 8.56. The lowest BCUT2D eigenvalue weighted by molar-refractivity contribution is -0.125. The van der Waals surface area contributed by atoms with E-state index in [0.717, 1.165) is 19.3 Å². The Hall–Kier alpha value is -0.840. The van der Waals surface area contributed by atoms with Gasteiger partial charge in [0, 0.05) is 11.6 Å². The zero-order chi connectivity index (χ0) is 13.1. The molecule has 1 saturated carbocycles. The second kappa shape index (κ2) is 5.87. The third-order valence-electron chi connectivity index (χ3n) is 2.89. The Balaban J connectivity index is 1.90. The van der Waals surface area contributed by atoms with Crippen LogP contribution in [-0.4, -0.2) is 11.0 Å². The van der Waals surface area contributed by atoms with Crippen LogP contribution in [0.3, 0.4) is 0 Å². The number of anilines is 1. The predicted octanol–water partition coefficient (Wildman–Crippen LogP) is 3.61. The van der Waals surface area contributed by atoms with Crippen molar-refractivity contribution in [2.24, 2.45) is 5.92 Å². The fourth-order valence-electron chi connectivity index (χ4n) is 1.62. The van der Waals surface area contributed by atoms with Crippen molar-refractivity contribution in [2.75, 3.05) is 5.32 Å². The molecule has 18 heavy (non-hydrogen) atoms. The second-order valence-electron chi connectivity index (χ2n) is 4.20. The molecule has 96 valence electrons. The first kappa shape index (κ1) is 13.6. The standard InChI is InChI=1S/C12H12Cl2N2OS/c13-9-5-4-8(6-10(9)14)15-12(18)16-11(17)7-2-1-3-7/h4-7H,1-3H2,(H2,15,16,17,18). The lowest BCUT2D eigenvalue weighted by Gasteiger charge is -2.24. The molecule has 2 rings (SSSR count). The van der Waals surface area contributed by atoms with Gasteiger partial charge in [-0.25, -0.2) is 0 Å². The van der Waals surface area contributed by atoms with Gasteiger partial charge in [0.2, 0.25) is 5.91 Å². The van der Waals surface area contributed by atoms with Crippen molar-refractivity contribution < 1.29 is 4.79 Å². The third-order valence-corrected chi connectivity index (χ3v) is 3.83. The normalized spacial score (nSPS) is 14.8. The number of halogens is 2. The molecule has 0 aliphatic heterocycles. The Morgan fingerprint density at radius 1 is 1.28 bits per heavy atom. The summed E-state index contributed by atoms with van der Waals surface area (Å²) >= 11 is 16.8. The number of carbonyl (C=O) groups excluding carboxylic acids is 1. The van der Waals surface area contributed by atoms with Crippen LogP contribution in [0.5, 0.6) is 0 Å². The van der Waals surface area contributed by atoms with Crippen LogP contribution in [0.1, 0.15) is 19.3 Å². The molecule has 2 N–H and O–H groups in total. The summed E-state index contributed by atoms with van der Waals surface area (Å²) in [7, 11) is 0. The van der Waals surface area contributed by atoms with Gasteiger partial charge in [0.1, 0.15) is 0 Å². The average Bonchev–Trinajstić information content (AvgIpc) is 2.20. The molecule has 0 spiro atoms. The van der Waals surface area contributed by atoms with Crippen LogP contribution >= 0.6 is 35.4 Å². The molecule has 0 unspecified atom stereocenters. The quantitative estimate of drug-likeness (QED) is 0.820. The van der Waals surface area contributed by atoms with E-state index in [2.05, 4.69) is 10.6 Å². The van der Waals surface area contributed by atoms with Gasteiger partial charge >= 0.3 is 0 Å². The molecule has 1 aromatic rings. The summed E-state index contributed by atoms with van der Waals surface area (Å²) in [6, 6.07) is 5.07. The number of hydrogen-bond donors (Lipinski definition) is 2. The van der Waals surface area contributed by atoms with Crippen molar-refractivity contribution in [3.8, 4) is 0 Å². The highest BCUT2D eigenvalue weighted by Gasteiger charge is 2.25. The molecule has 1 aliphatic rings. The molecule has 6 heteroatoms. The zero-order valence-electron chi connectivity index (χ0n) is 9.50. The van der Waals surface area contributed by atoms with Crippen LogP contribution in [-0.2, 0) is 4.79 Å². The summed E-state index contributed by atoms with van der Waals surface area (Å²) in [6.45, 7) is 0. The maximum absolute atomic E-state index is 11.7. The van der Waals surface area contributed by atoms with Crippen molar-refractivity contribution in [3.05, 3.63) is 28.2 Å². The minimum absolute atomic E-state index is 0.0150. The van der Waals surface area contributed by atoms with Gasteiger partial charge in [-0.15, -0.1) is 0 Å². The highest BCUT2D eigenvalue weighted by molar-refractivity contribution is 7.80. The SMILES string of the molecule is O=C(NC(=S)Nc1ccc(Cl)c(Cl)c1)C1CCC1. The molecule has 1 aromatic carbocycles. The van der Waals surface area contributed by atoms with Gasteiger partial charge < -0.3 is 10.6 Å². The number of rotatable bonds is 2. The molecule has 0 atom stereocenters. The topological polar surface area (TPSA) is 41.1 Å². The van der Waals surface area contributed by atoms with Crippen molar-refractivity contribution in [1.82, 2.24) is 5.32 Å². The Bertz CT molecular complexity index is 489. The summed E-state index contributed by atoms with van der Waals surface area (Å²) < 4.78 is 0. The molecule has 3 nitrogen and oxygen atoms in total. The summed E-state index contributed by atoms with van der Waals surface area (Å²) in [5, 5.41) is 6.77. The van der Waals surface area contributed by atoms with Crippen LogP contribution < -0.4 is 10.6 Å². The Labute approximate surface area is 121 Å². The lowest BCUT2D eigenvalue weighted by Crippen LogP contribution is -2.40. The molecular weight excluding hydrogens is 291 g/mol. The molecule has 1 aliphatic carbocycles. The molecule has 0 bridgehead atoms. The molecule has 0 heterocycles. The minimum Gasteiger partial charge on any atom is -0.332 e. The van der Waals surface area contributed by atoms with Crippen LogP contribution in [0.2, 0.25) is 10.0 Å². The fourth-order valence-corrected chi connectivity index (χ4v) is 2.14. The third kappa shape index (κ3) is 3.34. The number of amides is 1. The maximum atomic E-state index is 11.7. The van der Waals surface area contributed by atoms with Gasteiger partial charge in [-0.3, -0.25) is 4.79 Å². The summed E-state index contributed by atoms with van der Waals surface area (Å²) in [5.41, 5.74) is 0.698. The zero-order valence-corrected chi connectivity index (χ0v) is 11.8. The fraction of sp³-hybridized carbons (Fsp3) is 0.333. The number of nitrogens with one attached hydrogen (secondary N) is 2. The number of thiocarbonyl (C=S) groups is 1. The highest BCUT2D eigenvalue weighted by Crippen LogP contribution is 2.26. The highest BCUT2D eigenvalue weighted by atomic mass is 35.5. The predicted molar refractivity (Wildman–Crippen MR) is 78.2 cm³/mol. The minimum atomic E-state index is -0.0150. The van der Waals surface area contributed by atoms with Crippen LogP contribution in [0, 0.1) is 5.92 Å². The van der Waals surface area contributed by atoms with E-state index in [0.29, 0.717) is 15.7 Å². The van der Waals surface area contributed by atoms with Crippen LogP contribution in [0.25, 0.3) is 0 Å². The van der Waals surface area contributed by atoms with Crippen molar-refractivity contribution in [1.29, 1.82) is 0 Å². The number of hydrogen-bond acceptors (Lipinski definition) is 2. The van der Waals surface area contributed by atoms with E-state index >= 15 is 0 Å². The van der Waals surface area contributed by atoms with Crippen LogP contribution in [0.15, 0.2) is 18.2 Å². The van der Waals surface area contributed by atoms with E-state index in [1.54, 1.807) is 18.2 Å². The van der Waals surface area contributed by atoms with E-state index in [-0.39, 0.29) is 16.9 Å². The Morgan fingerprint density at radius 2 is 2.00 bits per heavy atom. The first-order valence-corrected chi connectivity index (χ1v) is 6.79. The van der Waals surface area contributed by atoms with Crippen molar-refractivity contribution in [2.45, 2.75) is 19.3 Å². The van der Waals surface area contributed by atoms with E-state index in [1.807, 2.05) is 0 Å². The molecule has 0 aromatic heterocycles. The second-order valence-corrected chi connectivity index (χ2v) is 5.42. The van der Waals surface area contributed by atoms with E-state index in [1.165, 1.54) is 0 Å². The van der Waals surface area contributed by atoms with E-state index in [9.17, 15) is 4.79 Å². The molecule has 1 fully saturated rings. The number of carbonyl (C=O) groups is 1. The monoisotopic (exact) mass is 302 g/mol. The van der Waals surface area contributed by atoms with E-state index in [4.69, 9.17) is 35.4 Å². The Morgan fingerprint density at radius 3 is 2.56 bits per heavy atom. The molecule has 1 amide bonds. The first-order valence-electron chi connectivity index (χ1n) is 5.63. The number of benzene rings is 1. The van der Waals surface area contributed by atoms with Crippen molar-refractivity contribution >= 4 is 52.1 Å². The summed E-state index contributed by atoms with van der Waals surface area (Å²) in [5.74, 6) is 0.0948. The van der Waals surface area contributed by atoms with Gasteiger partial charge in [0.05, 0.1) is 10.0 Å². The molecule has 0 saturated heterocycles. The summed E-state index contributed by atoms with van der Waals surface area (Å²) in [4.78, 5) is 11.7. The summed E-state index contributed by atoms with van der Waals surface area (Å²) in [6.07, 6.45) is 3.01. The van der Waals surface area contributed by atoms with Gasteiger partial charge in [-0.2, -0.15) is 0 Å². The van der Waals surface area contributed by atoms with Gasteiger partial charge in [0.15, 0.2) is 5.11 Å².